The number of aryl methyl sites for hydroxylation is 1. The molecule has 0 aliphatic carbocycles. The lowest BCUT2D eigenvalue weighted by molar-refractivity contribution is 0.0275. The molecule has 1 aliphatic heterocycles. The van der Waals surface area contributed by atoms with Gasteiger partial charge in [0, 0.05) is 37.8 Å². The van der Waals surface area contributed by atoms with Crippen LogP contribution in [-0.2, 0) is 13.0 Å². The summed E-state index contributed by atoms with van der Waals surface area (Å²) in [4.78, 5) is 21.6. The van der Waals surface area contributed by atoms with Gasteiger partial charge in [0.15, 0.2) is 5.13 Å². The van der Waals surface area contributed by atoms with Gasteiger partial charge in [-0.2, -0.15) is 0 Å². The lowest BCUT2D eigenvalue weighted by atomic mass is 10.0. The van der Waals surface area contributed by atoms with Crippen molar-refractivity contribution >= 4 is 22.5 Å². The quantitative estimate of drug-likeness (QED) is 0.764. The molecule has 2 amide bonds. The van der Waals surface area contributed by atoms with E-state index in [1.807, 2.05) is 24.4 Å². The number of nitrogens with one attached hydrogen (secondary N) is 1. The lowest BCUT2D eigenvalue weighted by Gasteiger charge is -2.29. The van der Waals surface area contributed by atoms with E-state index in [2.05, 4.69) is 34.3 Å². The molecule has 3 rings (SSSR count). The number of amides is 2. The molecule has 0 saturated carbocycles. The van der Waals surface area contributed by atoms with E-state index in [1.54, 1.807) is 11.9 Å². The average molecular weight is 389 g/mol. The molecule has 0 spiro atoms. The molecule has 0 radical (unpaired) electrons. The van der Waals surface area contributed by atoms with Crippen LogP contribution in [0.25, 0.3) is 0 Å². The Bertz CT molecular complexity index is 751. The Morgan fingerprint density at radius 2 is 2.19 bits per heavy atom. The Hall–Kier alpha value is -1.96. The summed E-state index contributed by atoms with van der Waals surface area (Å²) in [7, 11) is 1.72. The van der Waals surface area contributed by atoms with Crippen molar-refractivity contribution in [2.45, 2.75) is 38.3 Å². The Kier molecular flexibility index (Phi) is 6.46. The number of urea groups is 1. The van der Waals surface area contributed by atoms with Crippen molar-refractivity contribution in [2.75, 3.05) is 32.0 Å². The predicted octanol–water partition coefficient (Wildman–Crippen LogP) is 3.20. The Balaban J connectivity index is 1.50. The molecule has 6 nitrogen and oxygen atoms in total. The summed E-state index contributed by atoms with van der Waals surface area (Å²) in [5, 5.41) is 14.4. The van der Waals surface area contributed by atoms with Gasteiger partial charge in [-0.3, -0.25) is 10.2 Å². The Morgan fingerprint density at radius 1 is 1.41 bits per heavy atom. The Labute approximate surface area is 164 Å². The average Bonchev–Trinajstić information content (AvgIpc) is 3.23. The standard InChI is InChI=1S/C20H28N4O2S/c1-3-7-17-12-21-18(27-17)22-19(25)23(2)14-20(26)10-11-24(15-20)13-16-8-5-4-6-9-16/h4-6,8-9,12,26H,3,7,10-11,13-15H2,1-2H3,(H,21,22,25). The van der Waals surface area contributed by atoms with Crippen LogP contribution in [0.5, 0.6) is 0 Å². The molecular formula is C20H28N4O2S. The minimum atomic E-state index is -0.878. The largest absolute Gasteiger partial charge is 0.387 e. The fourth-order valence-corrected chi connectivity index (χ4v) is 4.38. The van der Waals surface area contributed by atoms with Gasteiger partial charge >= 0.3 is 6.03 Å². The maximum absolute atomic E-state index is 12.4. The summed E-state index contributed by atoms with van der Waals surface area (Å²) >= 11 is 1.51. The van der Waals surface area contributed by atoms with E-state index in [-0.39, 0.29) is 6.03 Å². The van der Waals surface area contributed by atoms with Crippen molar-refractivity contribution in [3.05, 3.63) is 47.0 Å². The zero-order valence-electron chi connectivity index (χ0n) is 16.0. The van der Waals surface area contributed by atoms with Crippen LogP contribution in [-0.4, -0.2) is 58.2 Å². The smallest absolute Gasteiger partial charge is 0.323 e. The molecule has 0 bridgehead atoms. The first-order chi connectivity index (χ1) is 13.0. The van der Waals surface area contributed by atoms with E-state index in [0.29, 0.717) is 24.6 Å². The fraction of sp³-hybridized carbons (Fsp3) is 0.500. The summed E-state index contributed by atoms with van der Waals surface area (Å²) < 4.78 is 0. The van der Waals surface area contributed by atoms with Crippen molar-refractivity contribution in [3.63, 3.8) is 0 Å². The summed E-state index contributed by atoms with van der Waals surface area (Å²) in [6.45, 7) is 4.63. The first-order valence-electron chi connectivity index (χ1n) is 9.43. The van der Waals surface area contributed by atoms with E-state index < -0.39 is 5.60 Å². The van der Waals surface area contributed by atoms with Gasteiger partial charge in [-0.25, -0.2) is 9.78 Å². The number of carbonyl (C=O) groups is 1. The van der Waals surface area contributed by atoms with Crippen LogP contribution in [0.2, 0.25) is 0 Å². The van der Waals surface area contributed by atoms with E-state index in [1.165, 1.54) is 21.8 Å². The van der Waals surface area contributed by atoms with Crippen molar-refractivity contribution < 1.29 is 9.90 Å². The first kappa shape index (κ1) is 19.8. The highest BCUT2D eigenvalue weighted by molar-refractivity contribution is 7.15. The summed E-state index contributed by atoms with van der Waals surface area (Å²) in [5.74, 6) is 0. The zero-order chi connectivity index (χ0) is 19.3. The van der Waals surface area contributed by atoms with Crippen LogP contribution in [0.1, 0.15) is 30.2 Å². The SMILES string of the molecule is CCCc1cnc(NC(=O)N(C)CC2(O)CCN(Cc3ccccc3)C2)s1. The highest BCUT2D eigenvalue weighted by atomic mass is 32.1. The van der Waals surface area contributed by atoms with Crippen LogP contribution >= 0.6 is 11.3 Å². The van der Waals surface area contributed by atoms with Gasteiger partial charge in [0.25, 0.3) is 0 Å². The minimum Gasteiger partial charge on any atom is -0.387 e. The summed E-state index contributed by atoms with van der Waals surface area (Å²) in [6, 6.07) is 10.0. The number of carbonyl (C=O) groups excluding carboxylic acids is 1. The second-order valence-corrected chi connectivity index (χ2v) is 8.45. The highest BCUT2D eigenvalue weighted by Crippen LogP contribution is 2.25. The molecule has 1 fully saturated rings. The molecule has 2 heterocycles. The molecule has 1 saturated heterocycles. The molecular weight excluding hydrogens is 360 g/mol. The van der Waals surface area contributed by atoms with Gasteiger partial charge in [-0.1, -0.05) is 43.7 Å². The molecule has 2 N–H and O–H groups in total. The van der Waals surface area contributed by atoms with Crippen LogP contribution in [0, 0.1) is 0 Å². The summed E-state index contributed by atoms with van der Waals surface area (Å²) in [6.07, 6.45) is 4.51. The van der Waals surface area contributed by atoms with E-state index in [4.69, 9.17) is 0 Å². The van der Waals surface area contributed by atoms with Crippen molar-refractivity contribution in [3.8, 4) is 0 Å². The number of likely N-dealkylation sites (N-methyl/N-ethyl adjacent to an activating group) is 1. The monoisotopic (exact) mass is 388 g/mol. The summed E-state index contributed by atoms with van der Waals surface area (Å²) in [5.41, 5.74) is 0.358. The van der Waals surface area contributed by atoms with Gasteiger partial charge in [0.05, 0.1) is 12.1 Å². The van der Waals surface area contributed by atoms with E-state index in [0.717, 1.165) is 25.9 Å². The highest BCUT2D eigenvalue weighted by Gasteiger charge is 2.37. The lowest BCUT2D eigenvalue weighted by Crippen LogP contribution is -2.46. The second kappa shape index (κ2) is 8.82. The number of hydrogen-bond acceptors (Lipinski definition) is 5. The van der Waals surface area contributed by atoms with Gasteiger partial charge in [0.2, 0.25) is 0 Å². The number of β-amino-alcohol motifs (C(OH)–C–C–N with tert-alkyl or cyclic N) is 1. The van der Waals surface area contributed by atoms with Crippen LogP contribution in [0.4, 0.5) is 9.93 Å². The maximum atomic E-state index is 12.4. The molecule has 1 unspecified atom stereocenters. The molecule has 7 heteroatoms. The minimum absolute atomic E-state index is 0.234. The molecule has 1 aliphatic rings. The van der Waals surface area contributed by atoms with Crippen LogP contribution in [0.15, 0.2) is 36.5 Å². The number of anilines is 1. The van der Waals surface area contributed by atoms with Crippen LogP contribution in [0.3, 0.4) is 0 Å². The number of hydrogen-bond donors (Lipinski definition) is 2. The van der Waals surface area contributed by atoms with Crippen molar-refractivity contribution in [1.29, 1.82) is 0 Å². The van der Waals surface area contributed by atoms with Gasteiger partial charge < -0.3 is 10.0 Å². The van der Waals surface area contributed by atoms with Gasteiger partial charge in [0.1, 0.15) is 0 Å². The molecule has 1 atom stereocenters. The third-order valence-electron chi connectivity index (χ3n) is 4.80. The predicted molar refractivity (Wildman–Crippen MR) is 109 cm³/mol. The van der Waals surface area contributed by atoms with Gasteiger partial charge in [-0.15, -0.1) is 11.3 Å². The molecule has 27 heavy (non-hydrogen) atoms. The third-order valence-corrected chi connectivity index (χ3v) is 5.77. The van der Waals surface area contributed by atoms with Crippen LogP contribution < -0.4 is 5.32 Å². The van der Waals surface area contributed by atoms with Crippen molar-refractivity contribution in [1.82, 2.24) is 14.8 Å². The normalized spacial score (nSPS) is 20.0. The third kappa shape index (κ3) is 5.51. The number of benzene rings is 1. The van der Waals surface area contributed by atoms with E-state index >= 15 is 0 Å². The fourth-order valence-electron chi connectivity index (χ4n) is 3.47. The number of aliphatic hydroxyl groups is 1. The number of aromatic nitrogens is 1. The molecule has 146 valence electrons. The first-order valence-corrected chi connectivity index (χ1v) is 10.2. The van der Waals surface area contributed by atoms with E-state index in [9.17, 15) is 9.90 Å². The molecule has 2 aromatic rings. The number of thiazole rings is 1. The number of nitrogens with zero attached hydrogens (tertiary/aromatic N) is 3. The van der Waals surface area contributed by atoms with Gasteiger partial charge in [-0.05, 0) is 18.4 Å². The second-order valence-electron chi connectivity index (χ2n) is 7.34. The van der Waals surface area contributed by atoms with Crippen molar-refractivity contribution in [2.24, 2.45) is 0 Å². The molecule has 1 aromatic carbocycles. The maximum Gasteiger partial charge on any atom is 0.323 e. The Morgan fingerprint density at radius 3 is 2.93 bits per heavy atom. The topological polar surface area (TPSA) is 68.7 Å². The number of rotatable bonds is 7. The zero-order valence-corrected chi connectivity index (χ0v) is 16.8. The number of likely N-dealkylation sites (tertiary alicyclic amines) is 1. The molecule has 1 aromatic heterocycles.